The van der Waals surface area contributed by atoms with Crippen LogP contribution in [0, 0.1) is 11.7 Å². The normalized spacial score (nSPS) is 16.8. The molecule has 212 valence electrons. The molecule has 2 atom stereocenters. The first kappa shape index (κ1) is 27.8. The highest BCUT2D eigenvalue weighted by Gasteiger charge is 2.33. The Bertz CT molecular complexity index is 1620. The highest BCUT2D eigenvalue weighted by molar-refractivity contribution is 5.95. The standard InChI is InChI=1S/C28H24F3N5O5/c1-40-27(38)25-20-12-41-13-23(20)35-36(25)28(39)34-22(9-14-7-16(29)11-17(30)8-14)24-18(3-2-6-33-24)15-4-5-21(31)19(10-15)26(32)37/h2-7,10-11,14,22H,8-9,12-13H2,1H3,(H2,32,37)(H,34,39)/t14?,22-/m0/s1. The maximum atomic E-state index is 14.2. The number of methoxy groups -OCH3 is 1. The summed E-state index contributed by atoms with van der Waals surface area (Å²) >= 11 is 0. The molecule has 0 saturated heterocycles. The second kappa shape index (κ2) is 11.4. The van der Waals surface area contributed by atoms with Gasteiger partial charge in [-0.15, -0.1) is 0 Å². The summed E-state index contributed by atoms with van der Waals surface area (Å²) < 4.78 is 53.6. The molecule has 3 heterocycles. The minimum Gasteiger partial charge on any atom is -0.464 e. The molecular formula is C28H24F3N5O5. The van der Waals surface area contributed by atoms with E-state index in [2.05, 4.69) is 15.4 Å². The number of aromatic nitrogens is 3. The minimum atomic E-state index is -0.985. The Balaban J connectivity index is 1.57. The molecule has 0 fully saturated rings. The number of ether oxygens (including phenoxy) is 2. The van der Waals surface area contributed by atoms with Gasteiger partial charge in [0.25, 0.3) is 5.91 Å². The number of primary amides is 1. The van der Waals surface area contributed by atoms with Crippen molar-refractivity contribution in [2.24, 2.45) is 11.7 Å². The molecule has 3 aromatic rings. The van der Waals surface area contributed by atoms with Crippen LogP contribution in [0.1, 0.15) is 56.7 Å². The van der Waals surface area contributed by atoms with Crippen LogP contribution < -0.4 is 11.1 Å². The first-order chi connectivity index (χ1) is 19.7. The van der Waals surface area contributed by atoms with Crippen molar-refractivity contribution < 1.29 is 37.0 Å². The molecule has 0 bridgehead atoms. The molecule has 0 spiro atoms. The van der Waals surface area contributed by atoms with E-state index in [1.807, 2.05) is 0 Å². The van der Waals surface area contributed by atoms with Crippen LogP contribution in [0.4, 0.5) is 18.0 Å². The lowest BCUT2D eigenvalue weighted by Gasteiger charge is -2.25. The number of pyridine rings is 1. The summed E-state index contributed by atoms with van der Waals surface area (Å²) in [5.41, 5.74) is 6.70. The van der Waals surface area contributed by atoms with E-state index in [1.54, 1.807) is 12.1 Å². The zero-order valence-corrected chi connectivity index (χ0v) is 21.7. The van der Waals surface area contributed by atoms with Gasteiger partial charge in [-0.3, -0.25) is 9.78 Å². The summed E-state index contributed by atoms with van der Waals surface area (Å²) in [5.74, 6) is -4.69. The topological polar surface area (TPSA) is 138 Å². The van der Waals surface area contributed by atoms with Crippen LogP contribution in [-0.4, -0.2) is 39.8 Å². The van der Waals surface area contributed by atoms with E-state index in [0.717, 1.165) is 23.9 Å². The van der Waals surface area contributed by atoms with Gasteiger partial charge in [0, 0.05) is 29.8 Å². The van der Waals surface area contributed by atoms with E-state index in [4.69, 9.17) is 15.2 Å². The second-order valence-corrected chi connectivity index (χ2v) is 9.51. The number of fused-ring (bicyclic) bond motifs is 1. The Morgan fingerprint density at radius 1 is 1.22 bits per heavy atom. The Morgan fingerprint density at radius 3 is 2.76 bits per heavy atom. The Hall–Kier alpha value is -4.78. The predicted octanol–water partition coefficient (Wildman–Crippen LogP) is 4.42. The molecule has 10 nitrogen and oxygen atoms in total. The zero-order valence-electron chi connectivity index (χ0n) is 21.7. The van der Waals surface area contributed by atoms with Gasteiger partial charge in [0.05, 0.1) is 43.3 Å². The van der Waals surface area contributed by atoms with Gasteiger partial charge in [0.15, 0.2) is 5.69 Å². The highest BCUT2D eigenvalue weighted by Crippen LogP contribution is 2.35. The van der Waals surface area contributed by atoms with Crippen molar-refractivity contribution in [1.82, 2.24) is 20.1 Å². The number of esters is 1. The Morgan fingerprint density at radius 2 is 2.02 bits per heavy atom. The molecule has 41 heavy (non-hydrogen) atoms. The number of hydrogen-bond acceptors (Lipinski definition) is 7. The number of nitrogens with one attached hydrogen (secondary N) is 1. The molecule has 1 unspecified atom stereocenters. The van der Waals surface area contributed by atoms with Crippen molar-refractivity contribution in [3.8, 4) is 11.1 Å². The fourth-order valence-electron chi connectivity index (χ4n) is 4.98. The van der Waals surface area contributed by atoms with Gasteiger partial charge < -0.3 is 20.5 Å². The number of hydrogen-bond donors (Lipinski definition) is 2. The van der Waals surface area contributed by atoms with Crippen molar-refractivity contribution in [3.05, 3.63) is 94.4 Å². The average Bonchev–Trinajstić information content (AvgIpc) is 3.54. The third kappa shape index (κ3) is 5.61. The molecule has 1 aliphatic carbocycles. The van der Waals surface area contributed by atoms with Gasteiger partial charge in [0.1, 0.15) is 17.5 Å². The monoisotopic (exact) mass is 567 g/mol. The maximum absolute atomic E-state index is 14.2. The van der Waals surface area contributed by atoms with Gasteiger partial charge in [-0.1, -0.05) is 12.1 Å². The largest absolute Gasteiger partial charge is 0.464 e. The first-order valence-electron chi connectivity index (χ1n) is 12.5. The summed E-state index contributed by atoms with van der Waals surface area (Å²) in [7, 11) is 1.16. The van der Waals surface area contributed by atoms with Crippen LogP contribution >= 0.6 is 0 Å². The van der Waals surface area contributed by atoms with Crippen LogP contribution in [0.5, 0.6) is 0 Å². The summed E-state index contributed by atoms with van der Waals surface area (Å²) in [6, 6.07) is 5.17. The van der Waals surface area contributed by atoms with E-state index in [9.17, 15) is 27.6 Å². The molecule has 3 N–H and O–H groups in total. The van der Waals surface area contributed by atoms with Gasteiger partial charge in [0.2, 0.25) is 0 Å². The van der Waals surface area contributed by atoms with E-state index in [0.29, 0.717) is 22.4 Å². The fraction of sp³-hybridized carbons (Fsp3) is 0.250. The quantitative estimate of drug-likeness (QED) is 0.403. The molecule has 0 radical (unpaired) electrons. The van der Waals surface area contributed by atoms with Gasteiger partial charge in [-0.05, 0) is 42.2 Å². The molecule has 1 aliphatic heterocycles. The lowest BCUT2D eigenvalue weighted by molar-refractivity contribution is 0.0581. The van der Waals surface area contributed by atoms with Crippen LogP contribution in [0.15, 0.2) is 60.3 Å². The van der Waals surface area contributed by atoms with Crippen molar-refractivity contribution in [2.75, 3.05) is 7.11 Å². The van der Waals surface area contributed by atoms with Crippen LogP contribution in [0.25, 0.3) is 11.1 Å². The zero-order chi connectivity index (χ0) is 29.3. The molecule has 0 saturated carbocycles. The molecule has 2 aromatic heterocycles. The van der Waals surface area contributed by atoms with Gasteiger partial charge in [-0.2, -0.15) is 9.78 Å². The average molecular weight is 568 g/mol. The van der Waals surface area contributed by atoms with Crippen molar-refractivity contribution >= 4 is 17.9 Å². The molecule has 5 rings (SSSR count). The van der Waals surface area contributed by atoms with Gasteiger partial charge in [-0.25, -0.2) is 22.8 Å². The molecule has 2 aliphatic rings. The highest BCUT2D eigenvalue weighted by atomic mass is 19.1. The lowest BCUT2D eigenvalue weighted by atomic mass is 9.88. The number of nitrogens with zero attached hydrogens (tertiary/aromatic N) is 3. The van der Waals surface area contributed by atoms with Crippen LogP contribution in [0.2, 0.25) is 0 Å². The lowest BCUT2D eigenvalue weighted by Crippen LogP contribution is -2.36. The molecule has 2 amide bonds. The molecular weight excluding hydrogens is 543 g/mol. The fourth-order valence-corrected chi connectivity index (χ4v) is 4.98. The number of benzene rings is 1. The molecule has 1 aromatic carbocycles. The van der Waals surface area contributed by atoms with Crippen molar-refractivity contribution in [1.29, 1.82) is 0 Å². The van der Waals surface area contributed by atoms with E-state index < -0.39 is 47.3 Å². The number of carbonyl (C=O) groups is 3. The summed E-state index contributed by atoms with van der Waals surface area (Å²) in [4.78, 5) is 42.4. The summed E-state index contributed by atoms with van der Waals surface area (Å²) in [6.45, 7) is 0.156. The van der Waals surface area contributed by atoms with Crippen LogP contribution in [0.3, 0.4) is 0 Å². The molecule has 13 heteroatoms. The Labute approximate surface area is 231 Å². The van der Waals surface area contributed by atoms with Crippen LogP contribution in [-0.2, 0) is 22.7 Å². The van der Waals surface area contributed by atoms with E-state index >= 15 is 0 Å². The Kier molecular flexibility index (Phi) is 7.70. The summed E-state index contributed by atoms with van der Waals surface area (Å²) in [5, 5.41) is 7.01. The number of carbonyl (C=O) groups excluding carboxylic acids is 3. The first-order valence-corrected chi connectivity index (χ1v) is 12.5. The third-order valence-electron chi connectivity index (χ3n) is 6.82. The maximum Gasteiger partial charge on any atom is 0.357 e. The van der Waals surface area contributed by atoms with E-state index in [1.165, 1.54) is 24.4 Å². The third-order valence-corrected chi connectivity index (χ3v) is 6.82. The van der Waals surface area contributed by atoms with Crippen molar-refractivity contribution in [2.45, 2.75) is 32.1 Å². The second-order valence-electron chi connectivity index (χ2n) is 9.51. The van der Waals surface area contributed by atoms with E-state index in [-0.39, 0.29) is 43.0 Å². The number of allylic oxidation sites excluding steroid dienone is 4. The number of amides is 2. The van der Waals surface area contributed by atoms with Crippen molar-refractivity contribution in [3.63, 3.8) is 0 Å². The van der Waals surface area contributed by atoms with Gasteiger partial charge >= 0.3 is 12.0 Å². The number of rotatable bonds is 7. The SMILES string of the molecule is COC(=O)c1c2c(nn1C(=O)N[C@@H](CC1C=C(F)C=C(F)C1)c1ncccc1-c1ccc(F)c(C(N)=O)c1)COC2. The smallest absolute Gasteiger partial charge is 0.357 e. The number of halogens is 3. The minimum absolute atomic E-state index is 0.00798. The summed E-state index contributed by atoms with van der Waals surface area (Å²) in [6.07, 6.45) is 3.36. The number of nitrogens with two attached hydrogens (primary N) is 1. The predicted molar refractivity (Wildman–Crippen MR) is 138 cm³/mol.